The van der Waals surface area contributed by atoms with Gasteiger partial charge in [-0.25, -0.2) is 4.39 Å². The first-order valence-corrected chi connectivity index (χ1v) is 7.16. The van der Waals surface area contributed by atoms with Gasteiger partial charge >= 0.3 is 0 Å². The van der Waals surface area contributed by atoms with Gasteiger partial charge in [0, 0.05) is 27.6 Å². The molecule has 2 aromatic rings. The molecule has 0 amide bonds. The van der Waals surface area contributed by atoms with Crippen LogP contribution in [0.4, 0.5) is 4.39 Å². The third-order valence-corrected chi connectivity index (χ3v) is 3.65. The molecule has 0 fully saturated rings. The quantitative estimate of drug-likeness (QED) is 0.816. The van der Waals surface area contributed by atoms with Gasteiger partial charge in [-0.2, -0.15) is 0 Å². The number of benzene rings is 2. The van der Waals surface area contributed by atoms with Gasteiger partial charge in [0.1, 0.15) is 5.82 Å². The SMILES string of the molecule is CC(NCc1cccc(Cl)c1)c1cc(Br)ccc1F. The summed E-state index contributed by atoms with van der Waals surface area (Å²) in [5.41, 5.74) is 1.73. The van der Waals surface area contributed by atoms with E-state index in [1.54, 1.807) is 12.1 Å². The lowest BCUT2D eigenvalue weighted by Gasteiger charge is -2.15. The maximum atomic E-state index is 13.7. The van der Waals surface area contributed by atoms with E-state index in [4.69, 9.17) is 11.6 Å². The highest BCUT2D eigenvalue weighted by Crippen LogP contribution is 2.22. The van der Waals surface area contributed by atoms with Gasteiger partial charge < -0.3 is 5.32 Å². The van der Waals surface area contributed by atoms with Crippen LogP contribution in [0.2, 0.25) is 5.02 Å². The van der Waals surface area contributed by atoms with E-state index in [1.807, 2.05) is 31.2 Å². The van der Waals surface area contributed by atoms with E-state index >= 15 is 0 Å². The van der Waals surface area contributed by atoms with Gasteiger partial charge in [0.25, 0.3) is 0 Å². The predicted molar refractivity (Wildman–Crippen MR) is 80.8 cm³/mol. The molecule has 0 bridgehead atoms. The maximum absolute atomic E-state index is 13.7. The van der Waals surface area contributed by atoms with E-state index < -0.39 is 0 Å². The van der Waals surface area contributed by atoms with Crippen LogP contribution in [-0.2, 0) is 6.54 Å². The first-order valence-electron chi connectivity index (χ1n) is 5.99. The van der Waals surface area contributed by atoms with Crippen LogP contribution in [-0.4, -0.2) is 0 Å². The second kappa shape index (κ2) is 6.51. The Balaban J connectivity index is 2.05. The number of hydrogen-bond donors (Lipinski definition) is 1. The first-order chi connectivity index (χ1) is 9.06. The van der Waals surface area contributed by atoms with E-state index in [9.17, 15) is 4.39 Å². The highest BCUT2D eigenvalue weighted by Gasteiger charge is 2.10. The molecule has 2 aromatic carbocycles. The van der Waals surface area contributed by atoms with Crippen molar-refractivity contribution in [3.05, 3.63) is 68.9 Å². The van der Waals surface area contributed by atoms with Crippen molar-refractivity contribution in [3.63, 3.8) is 0 Å². The Hall–Kier alpha value is -0.900. The zero-order valence-corrected chi connectivity index (χ0v) is 12.8. The molecule has 1 unspecified atom stereocenters. The zero-order valence-electron chi connectivity index (χ0n) is 10.5. The van der Waals surface area contributed by atoms with Crippen LogP contribution >= 0.6 is 27.5 Å². The van der Waals surface area contributed by atoms with Gasteiger partial charge in [0.2, 0.25) is 0 Å². The molecule has 0 aromatic heterocycles. The fourth-order valence-corrected chi connectivity index (χ4v) is 2.47. The molecule has 1 N–H and O–H groups in total. The number of nitrogens with one attached hydrogen (secondary N) is 1. The van der Waals surface area contributed by atoms with Crippen molar-refractivity contribution in [2.24, 2.45) is 0 Å². The summed E-state index contributed by atoms with van der Waals surface area (Å²) in [6, 6.07) is 12.5. The molecule has 0 saturated carbocycles. The molecule has 4 heteroatoms. The van der Waals surface area contributed by atoms with Crippen LogP contribution in [0, 0.1) is 5.82 Å². The van der Waals surface area contributed by atoms with Gasteiger partial charge in [0.15, 0.2) is 0 Å². The lowest BCUT2D eigenvalue weighted by atomic mass is 10.1. The van der Waals surface area contributed by atoms with Crippen LogP contribution in [0.3, 0.4) is 0 Å². The second-order valence-corrected chi connectivity index (χ2v) is 5.75. The highest BCUT2D eigenvalue weighted by atomic mass is 79.9. The van der Waals surface area contributed by atoms with Crippen LogP contribution in [0.25, 0.3) is 0 Å². The van der Waals surface area contributed by atoms with E-state index in [1.165, 1.54) is 6.07 Å². The summed E-state index contributed by atoms with van der Waals surface area (Å²) < 4.78 is 14.6. The fraction of sp³-hybridized carbons (Fsp3) is 0.200. The average Bonchev–Trinajstić information content (AvgIpc) is 2.39. The first kappa shape index (κ1) is 14.5. The maximum Gasteiger partial charge on any atom is 0.128 e. The summed E-state index contributed by atoms with van der Waals surface area (Å²) in [4.78, 5) is 0. The van der Waals surface area contributed by atoms with Crippen molar-refractivity contribution in [3.8, 4) is 0 Å². The summed E-state index contributed by atoms with van der Waals surface area (Å²) in [6.07, 6.45) is 0. The average molecular weight is 343 g/mol. The summed E-state index contributed by atoms with van der Waals surface area (Å²) in [5, 5.41) is 4.00. The van der Waals surface area contributed by atoms with E-state index in [-0.39, 0.29) is 11.9 Å². The Morgan fingerprint density at radius 2 is 2.05 bits per heavy atom. The smallest absolute Gasteiger partial charge is 0.128 e. The van der Waals surface area contributed by atoms with Crippen molar-refractivity contribution in [2.75, 3.05) is 0 Å². The molecule has 0 radical (unpaired) electrons. The molecule has 0 aliphatic rings. The van der Waals surface area contributed by atoms with Crippen molar-refractivity contribution in [1.29, 1.82) is 0 Å². The summed E-state index contributed by atoms with van der Waals surface area (Å²) in [7, 11) is 0. The molecule has 0 heterocycles. The third kappa shape index (κ3) is 4.03. The summed E-state index contributed by atoms with van der Waals surface area (Å²) >= 11 is 9.29. The Kier molecular flexibility index (Phi) is 4.97. The molecule has 0 aliphatic carbocycles. The van der Waals surface area contributed by atoms with Gasteiger partial charge in [-0.1, -0.05) is 39.7 Å². The fourth-order valence-electron chi connectivity index (χ4n) is 1.87. The standard InChI is InChI=1S/C15H14BrClFN/c1-10(14-8-12(16)5-6-15(14)18)19-9-11-3-2-4-13(17)7-11/h2-8,10,19H,9H2,1H3. The van der Waals surface area contributed by atoms with Gasteiger partial charge in [-0.3, -0.25) is 0 Å². The molecule has 2 rings (SSSR count). The summed E-state index contributed by atoms with van der Waals surface area (Å²) in [5.74, 6) is -0.200. The molecular weight excluding hydrogens is 329 g/mol. The Morgan fingerprint density at radius 3 is 2.79 bits per heavy atom. The van der Waals surface area contributed by atoms with Crippen molar-refractivity contribution >= 4 is 27.5 Å². The minimum atomic E-state index is -0.200. The number of hydrogen-bond acceptors (Lipinski definition) is 1. The van der Waals surface area contributed by atoms with Crippen LogP contribution < -0.4 is 5.32 Å². The lowest BCUT2D eigenvalue weighted by Crippen LogP contribution is -2.19. The second-order valence-electron chi connectivity index (χ2n) is 4.40. The Labute approximate surface area is 125 Å². The van der Waals surface area contributed by atoms with E-state index in [0.29, 0.717) is 17.1 Å². The van der Waals surface area contributed by atoms with Crippen molar-refractivity contribution in [2.45, 2.75) is 19.5 Å². The summed E-state index contributed by atoms with van der Waals surface area (Å²) in [6.45, 7) is 2.59. The van der Waals surface area contributed by atoms with Gasteiger partial charge in [0.05, 0.1) is 0 Å². The molecular formula is C15H14BrClFN. The van der Waals surface area contributed by atoms with Gasteiger partial charge in [-0.05, 0) is 42.8 Å². The third-order valence-electron chi connectivity index (χ3n) is 2.93. The van der Waals surface area contributed by atoms with E-state index in [0.717, 1.165) is 10.0 Å². The lowest BCUT2D eigenvalue weighted by molar-refractivity contribution is 0.528. The molecule has 19 heavy (non-hydrogen) atoms. The molecule has 0 saturated heterocycles. The Morgan fingerprint density at radius 1 is 1.26 bits per heavy atom. The Bertz CT molecular complexity index is 574. The highest BCUT2D eigenvalue weighted by molar-refractivity contribution is 9.10. The number of rotatable bonds is 4. The van der Waals surface area contributed by atoms with Gasteiger partial charge in [-0.15, -0.1) is 0 Å². The molecule has 100 valence electrons. The largest absolute Gasteiger partial charge is 0.306 e. The molecule has 1 atom stereocenters. The minimum Gasteiger partial charge on any atom is -0.306 e. The predicted octanol–water partition coefficient (Wildman–Crippen LogP) is 5.09. The van der Waals surface area contributed by atoms with Crippen LogP contribution in [0.1, 0.15) is 24.1 Å². The topological polar surface area (TPSA) is 12.0 Å². The molecule has 0 aliphatic heterocycles. The van der Waals surface area contributed by atoms with Crippen LogP contribution in [0.15, 0.2) is 46.9 Å². The monoisotopic (exact) mass is 341 g/mol. The van der Waals surface area contributed by atoms with E-state index in [2.05, 4.69) is 21.2 Å². The van der Waals surface area contributed by atoms with Crippen molar-refractivity contribution in [1.82, 2.24) is 5.32 Å². The van der Waals surface area contributed by atoms with Crippen molar-refractivity contribution < 1.29 is 4.39 Å². The normalized spacial score (nSPS) is 12.4. The molecule has 0 spiro atoms. The number of halogens is 3. The van der Waals surface area contributed by atoms with Crippen LogP contribution in [0.5, 0.6) is 0 Å². The molecule has 1 nitrogen and oxygen atoms in total. The minimum absolute atomic E-state index is 0.0727. The zero-order chi connectivity index (χ0) is 13.8.